The van der Waals surface area contributed by atoms with Crippen molar-refractivity contribution in [3.63, 3.8) is 0 Å². The van der Waals surface area contributed by atoms with Crippen molar-refractivity contribution in [2.45, 2.75) is 87.4 Å². The molecule has 0 radical (unpaired) electrons. The molecule has 0 saturated heterocycles. The first-order valence-corrected chi connectivity index (χ1v) is 13.9. The fourth-order valence-electron chi connectivity index (χ4n) is 6.23. The monoisotopic (exact) mass is 952 g/mol. The Balaban J connectivity index is 5.48. The minimum absolute atomic E-state index is 0.192. The number of halogens is 27. The van der Waals surface area contributed by atoms with Crippen LogP contribution in [0.2, 0.25) is 0 Å². The Morgan fingerprint density at radius 1 is 0.533 bits per heavy atom. The summed E-state index contributed by atoms with van der Waals surface area (Å²) < 4.78 is 398. The number of nitro groups is 2. The zero-order valence-electron chi connectivity index (χ0n) is 27.4. The summed E-state index contributed by atoms with van der Waals surface area (Å²) in [7, 11) is 0. The second kappa shape index (κ2) is 14.8. The van der Waals surface area contributed by atoms with Crippen molar-refractivity contribution in [3.05, 3.63) is 37.9 Å². The van der Waals surface area contributed by atoms with E-state index in [-0.39, 0.29) is 6.07 Å². The average Bonchev–Trinajstić information content (AvgIpc) is 2.93. The number of ether oxygens (including phenoxy) is 2. The standard InChI is InChI=1S/C24H11F27N2O7/c1-3-6(2)8-4-7(52(55)56)5-9(53(57)58)10(8)59-11(54)60-15(23(46,47)48,24(49,50)51)13(18(31,32)33,19(34,35)36)12(16(25,26)27,17(28,29)30)14(20(37,38)39,21(40,41)42)22(43,44)45/h4-6H,3H2,1-2H3. The largest absolute Gasteiger partial charge is 0.515 e. The number of hydrogen-bond acceptors (Lipinski definition) is 7. The van der Waals surface area contributed by atoms with E-state index in [2.05, 4.69) is 4.74 Å². The quantitative estimate of drug-likeness (QED) is 0.0794. The highest BCUT2D eigenvalue weighted by molar-refractivity contribution is 5.71. The van der Waals surface area contributed by atoms with Crippen LogP contribution >= 0.6 is 0 Å². The van der Waals surface area contributed by atoms with E-state index in [1.54, 1.807) is 4.74 Å². The second-order valence-corrected chi connectivity index (χ2v) is 11.6. The first kappa shape index (κ1) is 53.4. The molecule has 0 fully saturated rings. The van der Waals surface area contributed by atoms with E-state index < -0.39 is 135 Å². The third-order valence-electron chi connectivity index (χ3n) is 8.48. The van der Waals surface area contributed by atoms with E-state index >= 15 is 0 Å². The van der Waals surface area contributed by atoms with Gasteiger partial charge in [0.05, 0.1) is 15.9 Å². The smallest absolute Gasteiger partial charge is 0.406 e. The van der Waals surface area contributed by atoms with Crippen molar-refractivity contribution in [1.29, 1.82) is 0 Å². The highest BCUT2D eigenvalue weighted by atomic mass is 19.5. The van der Waals surface area contributed by atoms with Gasteiger partial charge in [-0.05, 0) is 12.3 Å². The van der Waals surface area contributed by atoms with E-state index in [0.29, 0.717) is 6.92 Å². The predicted octanol–water partition coefficient (Wildman–Crippen LogP) is 12.3. The van der Waals surface area contributed by atoms with E-state index in [4.69, 9.17) is 0 Å². The van der Waals surface area contributed by atoms with Crippen LogP contribution < -0.4 is 4.74 Å². The van der Waals surface area contributed by atoms with Gasteiger partial charge < -0.3 is 9.47 Å². The number of non-ortho nitro benzene ring substituents is 1. The van der Waals surface area contributed by atoms with Gasteiger partial charge in [-0.25, -0.2) is 4.79 Å². The molecule has 0 bridgehead atoms. The number of rotatable bonds is 9. The topological polar surface area (TPSA) is 122 Å². The Kier molecular flexibility index (Phi) is 13.2. The normalized spacial score (nSPS) is 15.8. The van der Waals surface area contributed by atoms with Crippen molar-refractivity contribution in [2.75, 3.05) is 0 Å². The summed E-state index contributed by atoms with van der Waals surface area (Å²) in [6.45, 7) is 1.43. The third kappa shape index (κ3) is 7.23. The average molecular weight is 952 g/mol. The van der Waals surface area contributed by atoms with Gasteiger partial charge in [0, 0.05) is 11.6 Å². The van der Waals surface area contributed by atoms with E-state index in [0.717, 1.165) is 6.92 Å². The lowest BCUT2D eigenvalue weighted by atomic mass is 9.42. The molecule has 36 heteroatoms. The maximum Gasteiger partial charge on any atom is 0.515 e. The molecule has 0 aliphatic heterocycles. The first-order chi connectivity index (χ1) is 26.0. The van der Waals surface area contributed by atoms with Crippen molar-refractivity contribution >= 4 is 17.5 Å². The summed E-state index contributed by atoms with van der Waals surface area (Å²) in [5.41, 5.74) is -51.2. The zero-order chi connectivity index (χ0) is 48.7. The van der Waals surface area contributed by atoms with Crippen LogP contribution in [0.25, 0.3) is 0 Å². The first-order valence-electron chi connectivity index (χ1n) is 13.9. The van der Waals surface area contributed by atoms with Crippen LogP contribution in [-0.4, -0.2) is 77.2 Å². The Morgan fingerprint density at radius 2 is 0.850 bits per heavy atom. The SMILES string of the molecule is CCC(C)c1cc([N+](=O)[O-])cc([N+](=O)[O-])c1OC(=O)OC(C(F)(F)F)(C(F)(F)F)C(C(F)(F)F)(C(F)(F)F)C(C(F)(F)F)(C(F)(F)F)C(C(F)(F)F)(C(F)(F)F)C(F)(F)F. The molecular weight excluding hydrogens is 941 g/mol. The van der Waals surface area contributed by atoms with Crippen molar-refractivity contribution in [1.82, 2.24) is 0 Å². The molecule has 0 spiro atoms. The molecular formula is C24H11F27N2O7. The molecule has 9 nitrogen and oxygen atoms in total. The fourth-order valence-corrected chi connectivity index (χ4v) is 6.23. The minimum atomic E-state index is -11.8. The van der Waals surface area contributed by atoms with Gasteiger partial charge in [-0.2, -0.15) is 119 Å². The number of benzene rings is 1. The molecule has 1 unspecified atom stereocenters. The lowest BCUT2D eigenvalue weighted by molar-refractivity contribution is -0.608. The van der Waals surface area contributed by atoms with Gasteiger partial charge in [0.25, 0.3) is 11.1 Å². The lowest BCUT2D eigenvalue weighted by Gasteiger charge is -2.63. The maximum absolute atomic E-state index is 14.9. The van der Waals surface area contributed by atoms with Crippen LogP contribution in [0.3, 0.4) is 0 Å². The molecule has 1 rings (SSSR count). The molecule has 60 heavy (non-hydrogen) atoms. The summed E-state index contributed by atoms with van der Waals surface area (Å²) in [5.74, 6) is -4.50. The molecule has 1 aromatic carbocycles. The molecule has 1 atom stereocenters. The molecule has 0 aliphatic carbocycles. The number of hydrogen-bond donors (Lipinski definition) is 0. The van der Waals surface area contributed by atoms with Crippen LogP contribution in [0, 0.1) is 36.5 Å². The van der Waals surface area contributed by atoms with Crippen LogP contribution in [0.5, 0.6) is 5.75 Å². The molecule has 348 valence electrons. The summed E-state index contributed by atoms with van der Waals surface area (Å²) in [6, 6.07) is -0.795. The molecule has 1 aromatic rings. The molecule has 0 heterocycles. The highest BCUT2D eigenvalue weighted by Crippen LogP contribution is 2.87. The van der Waals surface area contributed by atoms with Crippen LogP contribution in [0.15, 0.2) is 12.1 Å². The van der Waals surface area contributed by atoms with Crippen molar-refractivity contribution < 1.29 is 143 Å². The molecule has 0 aliphatic rings. The Bertz CT molecular complexity index is 1710. The molecule has 0 aromatic heterocycles. The van der Waals surface area contributed by atoms with Gasteiger partial charge in [0.2, 0.25) is 16.6 Å². The van der Waals surface area contributed by atoms with E-state index in [1.165, 1.54) is 0 Å². The van der Waals surface area contributed by atoms with Gasteiger partial charge in [0.1, 0.15) is 0 Å². The van der Waals surface area contributed by atoms with Crippen LogP contribution in [-0.2, 0) is 4.74 Å². The predicted molar refractivity (Wildman–Crippen MR) is 130 cm³/mol. The summed E-state index contributed by atoms with van der Waals surface area (Å²) in [5, 5.41) is 22.7. The van der Waals surface area contributed by atoms with E-state index in [1.807, 2.05) is 0 Å². The fraction of sp³-hybridized carbons (Fsp3) is 0.708. The van der Waals surface area contributed by atoms with Crippen LogP contribution in [0.1, 0.15) is 31.7 Å². The minimum Gasteiger partial charge on any atom is -0.406 e. The number of nitro benzene ring substituents is 2. The Hall–Kier alpha value is -4.60. The van der Waals surface area contributed by atoms with Crippen molar-refractivity contribution in [2.24, 2.45) is 16.2 Å². The summed E-state index contributed by atoms with van der Waals surface area (Å²) >= 11 is 0. The van der Waals surface area contributed by atoms with E-state index in [9.17, 15) is 144 Å². The van der Waals surface area contributed by atoms with Gasteiger partial charge >= 0.3 is 73.0 Å². The number of carbonyl (C=O) groups is 1. The van der Waals surface area contributed by atoms with Gasteiger partial charge in [0.15, 0.2) is 0 Å². The Morgan fingerprint density at radius 3 is 1.08 bits per heavy atom. The van der Waals surface area contributed by atoms with Gasteiger partial charge in [-0.1, -0.05) is 13.8 Å². The second-order valence-electron chi connectivity index (χ2n) is 11.6. The van der Waals surface area contributed by atoms with Gasteiger partial charge in [-0.15, -0.1) is 0 Å². The molecule has 0 saturated carbocycles. The van der Waals surface area contributed by atoms with Crippen molar-refractivity contribution in [3.8, 4) is 5.75 Å². The number of nitrogens with zero attached hydrogens (tertiary/aromatic N) is 2. The molecule has 0 N–H and O–H groups in total. The number of carbonyl (C=O) groups excluding carboxylic acids is 1. The summed E-state index contributed by atoms with van der Waals surface area (Å²) in [4.78, 5) is 31.4. The zero-order valence-corrected chi connectivity index (χ0v) is 27.4. The third-order valence-corrected chi connectivity index (χ3v) is 8.48. The molecule has 0 amide bonds. The van der Waals surface area contributed by atoms with Gasteiger partial charge in [-0.3, -0.25) is 20.2 Å². The Labute approximate surface area is 308 Å². The van der Waals surface area contributed by atoms with Crippen LogP contribution in [0.4, 0.5) is 135 Å². The highest BCUT2D eigenvalue weighted by Gasteiger charge is 3.15. The lowest BCUT2D eigenvalue weighted by Crippen LogP contribution is -2.92. The number of alkyl halides is 27. The maximum atomic E-state index is 14.9. The summed E-state index contributed by atoms with van der Waals surface area (Å²) in [6.07, 6.45) is -99.5.